The molecule has 1 rings (SSSR count). The van der Waals surface area contributed by atoms with Crippen molar-refractivity contribution in [3.63, 3.8) is 0 Å². The third-order valence-electron chi connectivity index (χ3n) is 2.30. The number of rotatable bonds is 6. The molecule has 0 unspecified atom stereocenters. The van der Waals surface area contributed by atoms with Crippen molar-refractivity contribution in [1.29, 1.82) is 0 Å². The fourth-order valence-electron chi connectivity index (χ4n) is 1.47. The van der Waals surface area contributed by atoms with Gasteiger partial charge in [-0.3, -0.25) is 9.59 Å². The SMILES string of the molecule is O=C(CBr)C[C@@H](Cc1ccccc1)C(=O)O. The van der Waals surface area contributed by atoms with E-state index in [4.69, 9.17) is 5.11 Å². The van der Waals surface area contributed by atoms with Crippen molar-refractivity contribution in [1.82, 2.24) is 0 Å². The molecule has 0 aromatic heterocycles. The minimum Gasteiger partial charge on any atom is -0.481 e. The van der Waals surface area contributed by atoms with Crippen LogP contribution in [0.3, 0.4) is 0 Å². The van der Waals surface area contributed by atoms with Gasteiger partial charge in [-0.1, -0.05) is 46.3 Å². The predicted octanol–water partition coefficient (Wildman–Crippen LogP) is 2.28. The summed E-state index contributed by atoms with van der Waals surface area (Å²) in [5.41, 5.74) is 0.942. The number of carbonyl (C=O) groups is 2. The standard InChI is InChI=1S/C12H13BrO3/c13-8-11(14)7-10(12(15)16)6-9-4-2-1-3-5-9/h1-5,10H,6-8H2,(H,15,16)/t10-/m1/s1. The topological polar surface area (TPSA) is 54.4 Å². The highest BCUT2D eigenvalue weighted by atomic mass is 79.9. The van der Waals surface area contributed by atoms with E-state index < -0.39 is 11.9 Å². The molecule has 0 spiro atoms. The summed E-state index contributed by atoms with van der Waals surface area (Å²) >= 11 is 3.04. The second-order valence-electron chi connectivity index (χ2n) is 3.60. The number of ketones is 1. The van der Waals surface area contributed by atoms with Crippen LogP contribution < -0.4 is 0 Å². The van der Waals surface area contributed by atoms with E-state index in [0.29, 0.717) is 6.42 Å². The maximum absolute atomic E-state index is 11.2. The summed E-state index contributed by atoms with van der Waals surface area (Å²) in [6.07, 6.45) is 0.477. The molecule has 1 atom stereocenters. The fourth-order valence-corrected chi connectivity index (χ4v) is 1.70. The zero-order valence-electron chi connectivity index (χ0n) is 8.73. The first kappa shape index (κ1) is 12.9. The summed E-state index contributed by atoms with van der Waals surface area (Å²) in [7, 11) is 0. The van der Waals surface area contributed by atoms with Crippen LogP contribution in [0.15, 0.2) is 30.3 Å². The van der Waals surface area contributed by atoms with E-state index in [9.17, 15) is 9.59 Å². The molecule has 1 N–H and O–H groups in total. The highest BCUT2D eigenvalue weighted by Crippen LogP contribution is 2.13. The highest BCUT2D eigenvalue weighted by Gasteiger charge is 2.20. The second kappa shape index (κ2) is 6.43. The number of halogens is 1. The first-order valence-corrected chi connectivity index (χ1v) is 6.10. The quantitative estimate of drug-likeness (QED) is 0.816. The maximum atomic E-state index is 11.2. The lowest BCUT2D eigenvalue weighted by Crippen LogP contribution is -2.20. The average Bonchev–Trinajstić information content (AvgIpc) is 2.29. The number of benzene rings is 1. The van der Waals surface area contributed by atoms with Gasteiger partial charge in [0.25, 0.3) is 0 Å². The van der Waals surface area contributed by atoms with Gasteiger partial charge in [0.2, 0.25) is 0 Å². The Hall–Kier alpha value is -1.16. The van der Waals surface area contributed by atoms with Crippen molar-refractivity contribution in [2.75, 3.05) is 5.33 Å². The van der Waals surface area contributed by atoms with Crippen LogP contribution in [0.1, 0.15) is 12.0 Å². The molecular formula is C12H13BrO3. The molecule has 4 heteroatoms. The monoisotopic (exact) mass is 284 g/mol. The van der Waals surface area contributed by atoms with Crippen LogP contribution in [0.4, 0.5) is 0 Å². The number of hydrogen-bond donors (Lipinski definition) is 1. The van der Waals surface area contributed by atoms with Gasteiger partial charge in [0.15, 0.2) is 0 Å². The van der Waals surface area contributed by atoms with Crippen LogP contribution in [-0.2, 0) is 16.0 Å². The zero-order valence-corrected chi connectivity index (χ0v) is 10.3. The molecule has 0 saturated heterocycles. The van der Waals surface area contributed by atoms with Gasteiger partial charge in [0.1, 0.15) is 5.78 Å². The maximum Gasteiger partial charge on any atom is 0.307 e. The molecule has 1 aromatic rings. The van der Waals surface area contributed by atoms with E-state index >= 15 is 0 Å². The smallest absolute Gasteiger partial charge is 0.307 e. The number of alkyl halides is 1. The summed E-state index contributed by atoms with van der Waals surface area (Å²) in [5.74, 6) is -1.63. The molecule has 0 aliphatic rings. The molecule has 1 aromatic carbocycles. The number of Topliss-reactive ketones (excluding diaryl/α,β-unsaturated/α-hetero) is 1. The van der Waals surface area contributed by atoms with E-state index in [-0.39, 0.29) is 17.5 Å². The van der Waals surface area contributed by atoms with Gasteiger partial charge in [0, 0.05) is 6.42 Å². The summed E-state index contributed by atoms with van der Waals surface area (Å²) in [4.78, 5) is 22.2. The molecule has 0 aliphatic heterocycles. The Kier molecular flexibility index (Phi) is 5.19. The van der Waals surface area contributed by atoms with Crippen molar-refractivity contribution >= 4 is 27.7 Å². The van der Waals surface area contributed by atoms with Crippen molar-refractivity contribution in [2.45, 2.75) is 12.8 Å². The summed E-state index contributed by atoms with van der Waals surface area (Å²) < 4.78 is 0. The van der Waals surface area contributed by atoms with E-state index in [1.807, 2.05) is 30.3 Å². The molecule has 0 saturated carbocycles. The van der Waals surface area contributed by atoms with Crippen molar-refractivity contribution in [3.8, 4) is 0 Å². The van der Waals surface area contributed by atoms with E-state index in [1.165, 1.54) is 0 Å². The van der Waals surface area contributed by atoms with E-state index in [0.717, 1.165) is 5.56 Å². The largest absolute Gasteiger partial charge is 0.481 e. The predicted molar refractivity (Wildman–Crippen MR) is 64.7 cm³/mol. The summed E-state index contributed by atoms with van der Waals surface area (Å²) in [6.45, 7) is 0. The third kappa shape index (κ3) is 4.14. The third-order valence-corrected chi connectivity index (χ3v) is 2.92. The lowest BCUT2D eigenvalue weighted by molar-refractivity contribution is -0.143. The van der Waals surface area contributed by atoms with Gasteiger partial charge in [-0.2, -0.15) is 0 Å². The van der Waals surface area contributed by atoms with Crippen LogP contribution in [-0.4, -0.2) is 22.2 Å². The van der Waals surface area contributed by atoms with Crippen molar-refractivity contribution in [3.05, 3.63) is 35.9 Å². The Morgan fingerprint density at radius 3 is 2.38 bits per heavy atom. The minimum absolute atomic E-state index is 0.0788. The number of aliphatic carboxylic acids is 1. The molecule has 86 valence electrons. The van der Waals surface area contributed by atoms with Crippen LogP contribution >= 0.6 is 15.9 Å². The second-order valence-corrected chi connectivity index (χ2v) is 4.16. The molecule has 0 aliphatic carbocycles. The van der Waals surface area contributed by atoms with Gasteiger partial charge in [-0.05, 0) is 12.0 Å². The van der Waals surface area contributed by atoms with Crippen LogP contribution in [0.2, 0.25) is 0 Å². The lowest BCUT2D eigenvalue weighted by Gasteiger charge is -2.10. The van der Waals surface area contributed by atoms with E-state index in [2.05, 4.69) is 15.9 Å². The lowest BCUT2D eigenvalue weighted by atomic mass is 9.95. The number of hydrogen-bond acceptors (Lipinski definition) is 2. The number of carboxylic acid groups (broad SMARTS) is 1. The molecule has 3 nitrogen and oxygen atoms in total. The highest BCUT2D eigenvalue weighted by molar-refractivity contribution is 9.09. The minimum atomic E-state index is -0.918. The molecule has 16 heavy (non-hydrogen) atoms. The summed E-state index contributed by atoms with van der Waals surface area (Å²) in [6, 6.07) is 9.34. The van der Waals surface area contributed by atoms with Gasteiger partial charge in [-0.25, -0.2) is 0 Å². The average molecular weight is 285 g/mol. The molecule has 0 radical (unpaired) electrons. The van der Waals surface area contributed by atoms with Gasteiger partial charge >= 0.3 is 5.97 Å². The van der Waals surface area contributed by atoms with E-state index in [1.54, 1.807) is 0 Å². The van der Waals surface area contributed by atoms with Crippen molar-refractivity contribution in [2.24, 2.45) is 5.92 Å². The Labute approximate surface area is 103 Å². The first-order chi connectivity index (χ1) is 7.63. The fraction of sp³-hybridized carbons (Fsp3) is 0.333. The normalized spacial score (nSPS) is 12.1. The van der Waals surface area contributed by atoms with Crippen LogP contribution in [0, 0.1) is 5.92 Å². The molecular weight excluding hydrogens is 272 g/mol. The molecule has 0 amide bonds. The Morgan fingerprint density at radius 1 is 1.25 bits per heavy atom. The molecule has 0 heterocycles. The zero-order chi connectivity index (χ0) is 12.0. The molecule has 0 fully saturated rings. The van der Waals surface area contributed by atoms with Gasteiger partial charge < -0.3 is 5.11 Å². The van der Waals surface area contributed by atoms with Gasteiger partial charge in [0.05, 0.1) is 11.2 Å². The molecule has 0 bridgehead atoms. The Balaban J connectivity index is 2.65. The van der Waals surface area contributed by atoms with Crippen LogP contribution in [0.5, 0.6) is 0 Å². The summed E-state index contributed by atoms with van der Waals surface area (Å²) in [5, 5.41) is 9.23. The number of carboxylic acids is 1. The van der Waals surface area contributed by atoms with Gasteiger partial charge in [-0.15, -0.1) is 0 Å². The number of carbonyl (C=O) groups excluding carboxylic acids is 1. The Bertz CT molecular complexity index is 362. The first-order valence-electron chi connectivity index (χ1n) is 4.98. The van der Waals surface area contributed by atoms with Crippen LogP contribution in [0.25, 0.3) is 0 Å². The Morgan fingerprint density at radius 2 is 1.88 bits per heavy atom. The van der Waals surface area contributed by atoms with Crippen molar-refractivity contribution < 1.29 is 14.7 Å².